The van der Waals surface area contributed by atoms with Crippen LogP contribution in [0.1, 0.15) is 38.5 Å². The molecule has 2 atom stereocenters. The molecule has 0 aromatic rings. The molecule has 0 aromatic heterocycles. The molecule has 1 N–H and O–H groups in total. The van der Waals surface area contributed by atoms with Crippen LogP contribution in [0.15, 0.2) is 12.7 Å². The van der Waals surface area contributed by atoms with Gasteiger partial charge in [0.1, 0.15) is 0 Å². The monoisotopic (exact) mass is 198 g/mol. The molecule has 1 aliphatic heterocycles. The number of hydrogen-bond donors (Lipinski definition) is 1. The molecular formula is C12H22O2. The third-order valence-corrected chi connectivity index (χ3v) is 2.92. The fourth-order valence-electron chi connectivity index (χ4n) is 1.91. The van der Waals surface area contributed by atoms with Crippen molar-refractivity contribution in [3.8, 4) is 0 Å². The number of aliphatic hydroxyl groups is 1. The van der Waals surface area contributed by atoms with E-state index >= 15 is 0 Å². The Hall–Kier alpha value is -0.340. The van der Waals surface area contributed by atoms with Crippen molar-refractivity contribution < 1.29 is 9.84 Å². The summed E-state index contributed by atoms with van der Waals surface area (Å²) in [6.45, 7) is 5.28. The number of ether oxygens (including phenoxy) is 1. The average Bonchev–Trinajstić information content (AvgIpc) is 2.70. The fourth-order valence-corrected chi connectivity index (χ4v) is 1.91. The third-order valence-electron chi connectivity index (χ3n) is 2.92. The predicted octanol–water partition coefficient (Wildman–Crippen LogP) is 2.52. The minimum Gasteiger partial charge on any atom is -0.393 e. The van der Waals surface area contributed by atoms with Crippen LogP contribution in [0.25, 0.3) is 0 Å². The van der Waals surface area contributed by atoms with Crippen LogP contribution in [0.4, 0.5) is 0 Å². The Kier molecular flexibility index (Phi) is 5.88. The van der Waals surface area contributed by atoms with E-state index in [4.69, 9.17) is 4.74 Å². The normalized spacial score (nSPS) is 23.6. The summed E-state index contributed by atoms with van der Waals surface area (Å²) in [6, 6.07) is 0. The van der Waals surface area contributed by atoms with Crippen molar-refractivity contribution in [1.29, 1.82) is 0 Å². The smallest absolute Gasteiger partial charge is 0.0591 e. The van der Waals surface area contributed by atoms with Gasteiger partial charge in [0.05, 0.1) is 12.7 Å². The Balaban J connectivity index is 1.96. The van der Waals surface area contributed by atoms with Crippen LogP contribution in [-0.4, -0.2) is 24.4 Å². The molecule has 0 radical (unpaired) electrons. The number of aliphatic hydroxyl groups excluding tert-OH is 1. The first-order valence-corrected chi connectivity index (χ1v) is 5.71. The summed E-state index contributed by atoms with van der Waals surface area (Å²) in [7, 11) is 0. The van der Waals surface area contributed by atoms with Gasteiger partial charge in [0.15, 0.2) is 0 Å². The zero-order valence-corrected chi connectivity index (χ0v) is 8.95. The van der Waals surface area contributed by atoms with Crippen molar-refractivity contribution in [3.63, 3.8) is 0 Å². The van der Waals surface area contributed by atoms with Crippen molar-refractivity contribution in [2.45, 2.75) is 44.6 Å². The quantitative estimate of drug-likeness (QED) is 0.503. The summed E-state index contributed by atoms with van der Waals surface area (Å²) in [5.74, 6) is 0.398. The van der Waals surface area contributed by atoms with Crippen LogP contribution in [0, 0.1) is 5.92 Å². The molecule has 82 valence electrons. The predicted molar refractivity (Wildman–Crippen MR) is 58.2 cm³/mol. The lowest BCUT2D eigenvalue weighted by molar-refractivity contribution is 0.0826. The molecule has 0 bridgehead atoms. The Labute approximate surface area is 87.0 Å². The zero-order valence-electron chi connectivity index (χ0n) is 8.95. The molecule has 0 amide bonds. The van der Waals surface area contributed by atoms with Gasteiger partial charge in [-0.15, -0.1) is 6.58 Å². The summed E-state index contributed by atoms with van der Waals surface area (Å²) in [5, 5.41) is 9.81. The van der Waals surface area contributed by atoms with Crippen LogP contribution < -0.4 is 0 Å². The third kappa shape index (κ3) is 4.25. The Morgan fingerprint density at radius 3 is 2.93 bits per heavy atom. The molecule has 0 saturated carbocycles. The van der Waals surface area contributed by atoms with Gasteiger partial charge >= 0.3 is 0 Å². The second kappa shape index (κ2) is 7.02. The van der Waals surface area contributed by atoms with E-state index < -0.39 is 0 Å². The molecule has 0 aromatic carbocycles. The van der Waals surface area contributed by atoms with Gasteiger partial charge in [-0.2, -0.15) is 0 Å². The molecule has 0 aliphatic carbocycles. The maximum Gasteiger partial charge on any atom is 0.0591 e. The summed E-state index contributed by atoms with van der Waals surface area (Å²) in [6.07, 6.45) is 8.43. The average molecular weight is 198 g/mol. The molecule has 1 heterocycles. The lowest BCUT2D eigenvalue weighted by Crippen LogP contribution is -2.20. The van der Waals surface area contributed by atoms with Crippen LogP contribution in [0.3, 0.4) is 0 Å². The fraction of sp³-hybridized carbons (Fsp3) is 0.833. The van der Waals surface area contributed by atoms with Crippen molar-refractivity contribution in [1.82, 2.24) is 0 Å². The highest BCUT2D eigenvalue weighted by molar-refractivity contribution is 4.73. The van der Waals surface area contributed by atoms with Crippen LogP contribution in [0.2, 0.25) is 0 Å². The highest BCUT2D eigenvalue weighted by Crippen LogP contribution is 2.20. The SMILES string of the molecule is C=CCCCCCC(O)C1CCOC1. The number of rotatable bonds is 7. The van der Waals surface area contributed by atoms with E-state index in [1.54, 1.807) is 0 Å². The Morgan fingerprint density at radius 1 is 1.43 bits per heavy atom. The van der Waals surface area contributed by atoms with Gasteiger partial charge < -0.3 is 9.84 Å². The first-order chi connectivity index (χ1) is 6.84. The summed E-state index contributed by atoms with van der Waals surface area (Å²) in [4.78, 5) is 0. The van der Waals surface area contributed by atoms with Crippen molar-refractivity contribution in [3.05, 3.63) is 12.7 Å². The summed E-state index contributed by atoms with van der Waals surface area (Å²) < 4.78 is 5.25. The van der Waals surface area contributed by atoms with E-state index in [1.807, 2.05) is 6.08 Å². The topological polar surface area (TPSA) is 29.5 Å². The number of hydrogen-bond acceptors (Lipinski definition) is 2. The molecule has 2 heteroatoms. The Bertz CT molecular complexity index is 150. The maximum absolute atomic E-state index is 9.81. The van der Waals surface area contributed by atoms with E-state index in [-0.39, 0.29) is 6.10 Å². The zero-order chi connectivity index (χ0) is 10.2. The van der Waals surface area contributed by atoms with Gasteiger partial charge in [0.2, 0.25) is 0 Å². The lowest BCUT2D eigenvalue weighted by Gasteiger charge is -2.15. The second-order valence-corrected chi connectivity index (χ2v) is 4.12. The van der Waals surface area contributed by atoms with Gasteiger partial charge in [-0.25, -0.2) is 0 Å². The van der Waals surface area contributed by atoms with Crippen molar-refractivity contribution >= 4 is 0 Å². The molecular weight excluding hydrogens is 176 g/mol. The van der Waals surface area contributed by atoms with Crippen molar-refractivity contribution in [2.24, 2.45) is 5.92 Å². The standard InChI is InChI=1S/C12H22O2/c1-2-3-4-5-6-7-12(13)11-8-9-14-10-11/h2,11-13H,1,3-10H2. The molecule has 1 saturated heterocycles. The Morgan fingerprint density at radius 2 is 2.29 bits per heavy atom. The molecule has 14 heavy (non-hydrogen) atoms. The van der Waals surface area contributed by atoms with E-state index in [0.717, 1.165) is 38.9 Å². The summed E-state index contributed by atoms with van der Waals surface area (Å²) in [5.41, 5.74) is 0. The molecule has 1 aliphatic rings. The van der Waals surface area contributed by atoms with Crippen molar-refractivity contribution in [2.75, 3.05) is 13.2 Å². The lowest BCUT2D eigenvalue weighted by atomic mass is 9.96. The van der Waals surface area contributed by atoms with Gasteiger partial charge in [-0.05, 0) is 25.7 Å². The van der Waals surface area contributed by atoms with Gasteiger partial charge in [-0.1, -0.05) is 18.9 Å². The second-order valence-electron chi connectivity index (χ2n) is 4.12. The number of unbranched alkanes of at least 4 members (excludes halogenated alkanes) is 3. The first-order valence-electron chi connectivity index (χ1n) is 5.71. The molecule has 0 spiro atoms. The minimum absolute atomic E-state index is 0.138. The molecule has 1 rings (SSSR count). The van der Waals surface area contributed by atoms with Gasteiger partial charge in [0, 0.05) is 12.5 Å². The first kappa shape index (κ1) is 11.7. The summed E-state index contributed by atoms with van der Waals surface area (Å²) >= 11 is 0. The van der Waals surface area contributed by atoms with E-state index in [1.165, 1.54) is 12.8 Å². The van der Waals surface area contributed by atoms with E-state index in [0.29, 0.717) is 5.92 Å². The van der Waals surface area contributed by atoms with E-state index in [2.05, 4.69) is 6.58 Å². The van der Waals surface area contributed by atoms with Crippen LogP contribution >= 0.6 is 0 Å². The minimum atomic E-state index is -0.138. The molecule has 2 nitrogen and oxygen atoms in total. The van der Waals surface area contributed by atoms with Crippen LogP contribution in [-0.2, 0) is 4.74 Å². The van der Waals surface area contributed by atoms with Crippen LogP contribution in [0.5, 0.6) is 0 Å². The molecule has 2 unspecified atom stereocenters. The molecule has 1 fully saturated rings. The largest absolute Gasteiger partial charge is 0.393 e. The highest BCUT2D eigenvalue weighted by Gasteiger charge is 2.23. The highest BCUT2D eigenvalue weighted by atomic mass is 16.5. The van der Waals surface area contributed by atoms with E-state index in [9.17, 15) is 5.11 Å². The van der Waals surface area contributed by atoms with Gasteiger partial charge in [0.25, 0.3) is 0 Å². The number of allylic oxidation sites excluding steroid dienone is 1. The van der Waals surface area contributed by atoms with Gasteiger partial charge in [-0.3, -0.25) is 0 Å². The maximum atomic E-state index is 9.81.